The molecule has 0 saturated heterocycles. The van der Waals surface area contributed by atoms with E-state index in [1.807, 2.05) is 65.7 Å². The molecule has 4 aromatic rings. The zero-order chi connectivity index (χ0) is 27.1. The number of ether oxygens (including phenoxy) is 2. The minimum Gasteiger partial charge on any atom is -0.490 e. The molecule has 6 rings (SSSR count). The summed E-state index contributed by atoms with van der Waals surface area (Å²) >= 11 is 0. The van der Waals surface area contributed by atoms with E-state index in [1.54, 1.807) is 11.7 Å². The van der Waals surface area contributed by atoms with Crippen molar-refractivity contribution < 1.29 is 23.0 Å². The Kier molecular flexibility index (Phi) is 6.26. The highest BCUT2D eigenvalue weighted by molar-refractivity contribution is 5.96. The second kappa shape index (κ2) is 9.90. The third-order valence-electron chi connectivity index (χ3n) is 7.16. The molecule has 0 radical (unpaired) electrons. The van der Waals surface area contributed by atoms with Crippen molar-refractivity contribution >= 4 is 5.91 Å². The number of rotatable bonds is 4. The highest BCUT2D eigenvalue weighted by atomic mass is 19.2. The monoisotopic (exact) mass is 529 g/mol. The summed E-state index contributed by atoms with van der Waals surface area (Å²) in [4.78, 5) is 28.3. The maximum absolute atomic E-state index is 15.1. The van der Waals surface area contributed by atoms with Crippen LogP contribution in [0.5, 0.6) is 11.5 Å². The lowest BCUT2D eigenvalue weighted by molar-refractivity contribution is 0.0568. The third-order valence-corrected chi connectivity index (χ3v) is 7.16. The summed E-state index contributed by atoms with van der Waals surface area (Å²) < 4.78 is 42.7. The molecule has 2 atom stereocenters. The van der Waals surface area contributed by atoms with Gasteiger partial charge in [-0.15, -0.1) is 0 Å². The van der Waals surface area contributed by atoms with Crippen LogP contribution in [0.15, 0.2) is 89.9 Å². The van der Waals surface area contributed by atoms with E-state index in [9.17, 15) is 14.0 Å². The predicted molar refractivity (Wildman–Crippen MR) is 140 cm³/mol. The number of hydrogen-bond acceptors (Lipinski definition) is 5. The fourth-order valence-electron chi connectivity index (χ4n) is 5.30. The van der Waals surface area contributed by atoms with Crippen molar-refractivity contribution in [3.63, 3.8) is 0 Å². The largest absolute Gasteiger partial charge is 0.490 e. The highest BCUT2D eigenvalue weighted by Gasteiger charge is 2.44. The van der Waals surface area contributed by atoms with Crippen LogP contribution in [0.4, 0.5) is 8.78 Å². The average molecular weight is 530 g/mol. The van der Waals surface area contributed by atoms with Gasteiger partial charge >= 0.3 is 0 Å². The van der Waals surface area contributed by atoms with Gasteiger partial charge in [-0.05, 0) is 23.3 Å². The number of amides is 1. The Bertz CT molecular complexity index is 1590. The van der Waals surface area contributed by atoms with Crippen LogP contribution < -0.4 is 19.9 Å². The molecule has 7 nitrogen and oxygen atoms in total. The van der Waals surface area contributed by atoms with Crippen LogP contribution in [0.2, 0.25) is 0 Å². The second-order valence-corrected chi connectivity index (χ2v) is 9.48. The maximum atomic E-state index is 15.1. The van der Waals surface area contributed by atoms with Gasteiger partial charge in [0.15, 0.2) is 23.0 Å². The molecular formula is C30H25F2N3O4. The zero-order valence-electron chi connectivity index (χ0n) is 21.1. The zero-order valence-corrected chi connectivity index (χ0v) is 21.1. The molecule has 0 bridgehead atoms. The van der Waals surface area contributed by atoms with Crippen LogP contribution in [0.1, 0.15) is 39.6 Å². The summed E-state index contributed by atoms with van der Waals surface area (Å²) in [5.74, 6) is -2.73. The first-order valence-electron chi connectivity index (χ1n) is 12.6. The number of carbonyl (C=O) groups excluding carboxylic acids is 1. The van der Waals surface area contributed by atoms with Gasteiger partial charge in [-0.25, -0.2) is 4.39 Å². The molecule has 2 aliphatic heterocycles. The van der Waals surface area contributed by atoms with Crippen LogP contribution >= 0.6 is 0 Å². The Morgan fingerprint density at radius 1 is 0.949 bits per heavy atom. The maximum Gasteiger partial charge on any atom is 0.277 e. The fraction of sp³-hybridized carbons (Fsp3) is 0.200. The van der Waals surface area contributed by atoms with Crippen LogP contribution in [0.3, 0.4) is 0 Å². The molecule has 0 aliphatic carbocycles. The van der Waals surface area contributed by atoms with Crippen molar-refractivity contribution in [3.8, 4) is 11.5 Å². The van der Waals surface area contributed by atoms with Gasteiger partial charge in [-0.3, -0.25) is 19.3 Å². The first-order valence-corrected chi connectivity index (χ1v) is 12.6. The lowest BCUT2D eigenvalue weighted by atomic mass is 9.94. The molecular weight excluding hydrogens is 504 g/mol. The smallest absolute Gasteiger partial charge is 0.277 e. The van der Waals surface area contributed by atoms with E-state index in [2.05, 4.69) is 0 Å². The standard InChI is InChI=1S/C30H25F2N3O4/c1-33-24-15-17-38-28-21(12-13-22(31)25(28)32)26(20-10-6-3-7-11-20)35(24)34-16-14-23(36)29(27(34)30(33)37)39-18-19-8-4-2-5-9-19/h2-14,16,24,26H,15,17-18H2,1H3/t24-,26+/m0/s1. The van der Waals surface area contributed by atoms with E-state index < -0.39 is 35.2 Å². The summed E-state index contributed by atoms with van der Waals surface area (Å²) in [5.41, 5.74) is 1.62. The normalized spacial score (nSPS) is 18.3. The lowest BCUT2D eigenvalue weighted by Gasteiger charge is -2.50. The van der Waals surface area contributed by atoms with Gasteiger partial charge < -0.3 is 14.4 Å². The van der Waals surface area contributed by atoms with E-state index in [0.717, 1.165) is 17.2 Å². The minimum atomic E-state index is -1.07. The number of fused-ring (bicyclic) bond motifs is 4. The van der Waals surface area contributed by atoms with Crippen LogP contribution in [0.25, 0.3) is 0 Å². The summed E-state index contributed by atoms with van der Waals surface area (Å²) in [6.45, 7) is 0.136. The summed E-state index contributed by atoms with van der Waals surface area (Å²) in [7, 11) is 1.65. The Labute approximate surface area is 223 Å². The van der Waals surface area contributed by atoms with Gasteiger partial charge in [0.1, 0.15) is 18.8 Å². The average Bonchev–Trinajstić information content (AvgIpc) is 2.95. The van der Waals surface area contributed by atoms with E-state index >= 15 is 4.39 Å². The summed E-state index contributed by atoms with van der Waals surface area (Å²) in [5, 5.41) is 1.90. The number of nitrogens with zero attached hydrogens (tertiary/aromatic N) is 3. The van der Waals surface area contributed by atoms with Gasteiger partial charge in [0.05, 0.1) is 6.61 Å². The molecule has 0 N–H and O–H groups in total. The van der Waals surface area contributed by atoms with Crippen molar-refractivity contribution in [1.82, 2.24) is 9.58 Å². The summed E-state index contributed by atoms with van der Waals surface area (Å²) in [6, 6.07) is 21.9. The van der Waals surface area contributed by atoms with Crippen molar-refractivity contribution in [3.05, 3.63) is 129 Å². The van der Waals surface area contributed by atoms with Crippen molar-refractivity contribution in [2.75, 3.05) is 18.7 Å². The van der Waals surface area contributed by atoms with E-state index in [-0.39, 0.29) is 30.4 Å². The molecule has 1 amide bonds. The van der Waals surface area contributed by atoms with Crippen LogP contribution in [0, 0.1) is 11.6 Å². The number of pyridine rings is 1. The Morgan fingerprint density at radius 2 is 1.67 bits per heavy atom. The molecule has 39 heavy (non-hydrogen) atoms. The number of benzene rings is 3. The first-order chi connectivity index (χ1) is 19.0. The Balaban J connectivity index is 1.57. The predicted octanol–water partition coefficient (Wildman–Crippen LogP) is 4.63. The van der Waals surface area contributed by atoms with Gasteiger partial charge in [0.2, 0.25) is 11.2 Å². The van der Waals surface area contributed by atoms with E-state index in [4.69, 9.17) is 9.47 Å². The van der Waals surface area contributed by atoms with E-state index in [1.165, 1.54) is 23.2 Å². The number of aromatic nitrogens is 1. The molecule has 9 heteroatoms. The van der Waals surface area contributed by atoms with Gasteiger partial charge in [0.25, 0.3) is 5.91 Å². The Hall–Kier alpha value is -4.66. The summed E-state index contributed by atoms with van der Waals surface area (Å²) in [6.07, 6.45) is 1.30. The van der Waals surface area contributed by atoms with Crippen molar-refractivity contribution in [2.24, 2.45) is 0 Å². The molecule has 3 heterocycles. The molecule has 0 saturated carbocycles. The first kappa shape index (κ1) is 24.7. The molecule has 0 unspecified atom stereocenters. The third kappa shape index (κ3) is 4.20. The molecule has 0 spiro atoms. The van der Waals surface area contributed by atoms with Gasteiger partial charge in [-0.1, -0.05) is 60.7 Å². The number of hydrogen-bond donors (Lipinski definition) is 0. The SMILES string of the molecule is CN1C(=O)c2c(OCc3ccccc3)c(=O)ccn2N2[C@H](c3ccccc3)c3ccc(F)c(F)c3OCC[C@@H]12. The number of halogens is 2. The fourth-order valence-corrected chi connectivity index (χ4v) is 5.30. The molecule has 0 fully saturated rings. The van der Waals surface area contributed by atoms with Crippen LogP contribution in [-0.4, -0.2) is 35.3 Å². The molecule has 3 aromatic carbocycles. The molecule has 2 aliphatic rings. The highest BCUT2D eigenvalue weighted by Crippen LogP contribution is 2.42. The van der Waals surface area contributed by atoms with Crippen molar-refractivity contribution in [1.29, 1.82) is 0 Å². The van der Waals surface area contributed by atoms with E-state index in [0.29, 0.717) is 12.0 Å². The van der Waals surface area contributed by atoms with Gasteiger partial charge in [-0.2, -0.15) is 4.39 Å². The quantitative estimate of drug-likeness (QED) is 0.386. The Morgan fingerprint density at radius 3 is 2.41 bits per heavy atom. The topological polar surface area (TPSA) is 64.0 Å². The molecule has 1 aromatic heterocycles. The number of carbonyl (C=O) groups is 1. The van der Waals surface area contributed by atoms with Crippen LogP contribution in [-0.2, 0) is 6.61 Å². The van der Waals surface area contributed by atoms with Crippen molar-refractivity contribution in [2.45, 2.75) is 25.2 Å². The second-order valence-electron chi connectivity index (χ2n) is 9.48. The van der Waals surface area contributed by atoms with Gasteiger partial charge in [0, 0.05) is 31.3 Å². The molecule has 198 valence electrons. The lowest BCUT2D eigenvalue weighted by Crippen LogP contribution is -2.62. The minimum absolute atomic E-state index is 0.0422.